The number of fused-ring (bicyclic) bond motifs is 1. The average Bonchev–Trinajstić information content (AvgIpc) is 2.82. The number of amides is 1. The lowest BCUT2D eigenvalue weighted by Crippen LogP contribution is -2.43. The Labute approximate surface area is 199 Å². The number of H-pyrrole nitrogens is 1. The average molecular weight is 479 g/mol. The van der Waals surface area contributed by atoms with E-state index in [1.54, 1.807) is 30.3 Å². The van der Waals surface area contributed by atoms with Gasteiger partial charge in [-0.1, -0.05) is 41.9 Å². The molecule has 1 amide bonds. The molecule has 4 rings (SSSR count). The zero-order valence-corrected chi connectivity index (χ0v) is 18.6. The molecular weight excluding hydrogens is 459 g/mol. The fraction of sp³-hybridized carbons (Fsp3) is 0.115. The molecule has 4 aromatic rings. The van der Waals surface area contributed by atoms with Gasteiger partial charge in [-0.15, -0.1) is 0 Å². The number of benzene rings is 3. The first-order valence-corrected chi connectivity index (χ1v) is 10.9. The maximum atomic E-state index is 13.5. The van der Waals surface area contributed by atoms with Crippen molar-refractivity contribution < 1.29 is 18.7 Å². The molecule has 0 bridgehead atoms. The molecule has 1 aromatic heterocycles. The third-order valence-corrected chi connectivity index (χ3v) is 5.48. The summed E-state index contributed by atoms with van der Waals surface area (Å²) in [5.41, 5.74) is 1.63. The number of hydrogen-bond acceptors (Lipinski definition) is 4. The van der Waals surface area contributed by atoms with Gasteiger partial charge in [0.05, 0.1) is 0 Å². The smallest absolute Gasteiger partial charge is 0.329 e. The molecule has 0 aliphatic rings. The Morgan fingerprint density at radius 3 is 2.53 bits per heavy atom. The van der Waals surface area contributed by atoms with E-state index in [2.05, 4.69) is 10.3 Å². The SMILES string of the molecule is O=C(NC(Cc1cc(=O)[nH]c2ccccc12)C(=O)OCc1cccc(F)c1)c1ccc(Cl)cc1. The Morgan fingerprint density at radius 1 is 1.00 bits per heavy atom. The van der Waals surface area contributed by atoms with Gasteiger partial charge in [0.2, 0.25) is 5.56 Å². The highest BCUT2D eigenvalue weighted by molar-refractivity contribution is 6.30. The summed E-state index contributed by atoms with van der Waals surface area (Å²) in [4.78, 5) is 40.8. The van der Waals surface area contributed by atoms with Crippen LogP contribution in [-0.4, -0.2) is 22.9 Å². The van der Waals surface area contributed by atoms with Crippen molar-refractivity contribution in [2.45, 2.75) is 19.1 Å². The van der Waals surface area contributed by atoms with Crippen molar-refractivity contribution in [1.29, 1.82) is 0 Å². The number of ether oxygens (including phenoxy) is 1. The Kier molecular flexibility index (Phi) is 7.04. The monoisotopic (exact) mass is 478 g/mol. The van der Waals surface area contributed by atoms with E-state index in [1.807, 2.05) is 12.1 Å². The summed E-state index contributed by atoms with van der Waals surface area (Å²) in [6.07, 6.45) is 0.0196. The van der Waals surface area contributed by atoms with Gasteiger partial charge in [0, 0.05) is 34.0 Å². The number of halogens is 2. The van der Waals surface area contributed by atoms with Crippen LogP contribution in [0.2, 0.25) is 5.02 Å². The van der Waals surface area contributed by atoms with Crippen LogP contribution in [-0.2, 0) is 22.6 Å². The molecule has 0 fully saturated rings. The normalized spacial score (nSPS) is 11.7. The molecule has 34 heavy (non-hydrogen) atoms. The van der Waals surface area contributed by atoms with Crippen molar-refractivity contribution in [2.75, 3.05) is 0 Å². The van der Waals surface area contributed by atoms with E-state index in [9.17, 15) is 18.8 Å². The first kappa shape index (κ1) is 23.2. The van der Waals surface area contributed by atoms with E-state index in [0.29, 0.717) is 27.2 Å². The number of pyridine rings is 1. The second kappa shape index (κ2) is 10.3. The van der Waals surface area contributed by atoms with Crippen molar-refractivity contribution in [3.8, 4) is 0 Å². The van der Waals surface area contributed by atoms with Gasteiger partial charge in [0.25, 0.3) is 5.91 Å². The lowest BCUT2D eigenvalue weighted by Gasteiger charge is -2.19. The molecule has 0 aliphatic heterocycles. The molecule has 0 aliphatic carbocycles. The third kappa shape index (κ3) is 5.68. The van der Waals surface area contributed by atoms with Crippen LogP contribution in [0.4, 0.5) is 4.39 Å². The number of aromatic amines is 1. The van der Waals surface area contributed by atoms with Gasteiger partial charge in [-0.2, -0.15) is 0 Å². The first-order valence-electron chi connectivity index (χ1n) is 10.5. The van der Waals surface area contributed by atoms with Crippen LogP contribution in [0.15, 0.2) is 83.7 Å². The highest BCUT2D eigenvalue weighted by Crippen LogP contribution is 2.18. The van der Waals surface area contributed by atoms with Crippen molar-refractivity contribution in [3.63, 3.8) is 0 Å². The molecule has 1 atom stereocenters. The number of nitrogens with one attached hydrogen (secondary N) is 2. The summed E-state index contributed by atoms with van der Waals surface area (Å²) in [7, 11) is 0. The van der Waals surface area contributed by atoms with Crippen LogP contribution in [0, 0.1) is 5.82 Å². The van der Waals surface area contributed by atoms with E-state index in [4.69, 9.17) is 16.3 Å². The fourth-order valence-electron chi connectivity index (χ4n) is 3.58. The van der Waals surface area contributed by atoms with Crippen LogP contribution >= 0.6 is 11.6 Å². The Hall–Kier alpha value is -3.97. The van der Waals surface area contributed by atoms with E-state index >= 15 is 0 Å². The molecule has 0 spiro atoms. The van der Waals surface area contributed by atoms with Crippen LogP contribution in [0.3, 0.4) is 0 Å². The minimum atomic E-state index is -1.10. The van der Waals surface area contributed by atoms with E-state index in [0.717, 1.165) is 5.39 Å². The van der Waals surface area contributed by atoms with Crippen molar-refractivity contribution in [2.24, 2.45) is 0 Å². The van der Waals surface area contributed by atoms with Crippen LogP contribution < -0.4 is 10.9 Å². The number of aromatic nitrogens is 1. The maximum Gasteiger partial charge on any atom is 0.329 e. The van der Waals surface area contributed by atoms with Crippen LogP contribution in [0.25, 0.3) is 10.9 Å². The number of hydrogen-bond donors (Lipinski definition) is 2. The van der Waals surface area contributed by atoms with Gasteiger partial charge in [0.1, 0.15) is 18.5 Å². The largest absolute Gasteiger partial charge is 0.459 e. The first-order chi connectivity index (χ1) is 16.4. The summed E-state index contributed by atoms with van der Waals surface area (Å²) < 4.78 is 18.9. The standard InChI is InChI=1S/C26H20ClFN2O4/c27-19-10-8-17(9-11-19)25(32)30-23(26(33)34-15-16-4-3-5-20(28)12-16)13-18-14-24(31)29-22-7-2-1-6-21(18)22/h1-12,14,23H,13,15H2,(H,29,31)(H,30,32). The van der Waals surface area contributed by atoms with Gasteiger partial charge in [-0.25, -0.2) is 9.18 Å². The van der Waals surface area contributed by atoms with Gasteiger partial charge < -0.3 is 15.0 Å². The number of rotatable bonds is 7. The Balaban J connectivity index is 1.60. The van der Waals surface area contributed by atoms with Crippen LogP contribution in [0.1, 0.15) is 21.5 Å². The van der Waals surface area contributed by atoms with Crippen molar-refractivity contribution in [3.05, 3.63) is 117 Å². The zero-order chi connectivity index (χ0) is 24.1. The van der Waals surface area contributed by atoms with Crippen molar-refractivity contribution in [1.82, 2.24) is 10.3 Å². The second-order valence-electron chi connectivity index (χ2n) is 7.68. The Bertz CT molecular complexity index is 1400. The quantitative estimate of drug-likeness (QED) is 0.385. The molecule has 2 N–H and O–H groups in total. The molecular formula is C26H20ClFN2O4. The molecule has 3 aromatic carbocycles. The minimum Gasteiger partial charge on any atom is -0.459 e. The number of carbonyl (C=O) groups excluding carboxylic acids is 2. The minimum absolute atomic E-state index is 0.0196. The van der Waals surface area contributed by atoms with Gasteiger partial charge in [-0.3, -0.25) is 9.59 Å². The maximum absolute atomic E-state index is 13.5. The summed E-state index contributed by atoms with van der Waals surface area (Å²) in [5.74, 6) is -1.66. The summed E-state index contributed by atoms with van der Waals surface area (Å²) in [6, 6.07) is 19.4. The predicted octanol–water partition coefficient (Wildman–Crippen LogP) is 4.41. The molecule has 6 nitrogen and oxygen atoms in total. The second-order valence-corrected chi connectivity index (χ2v) is 8.12. The highest BCUT2D eigenvalue weighted by atomic mass is 35.5. The van der Waals surface area contributed by atoms with Gasteiger partial charge >= 0.3 is 5.97 Å². The lowest BCUT2D eigenvalue weighted by atomic mass is 10.0. The van der Waals surface area contributed by atoms with Crippen LogP contribution in [0.5, 0.6) is 0 Å². The van der Waals surface area contributed by atoms with E-state index in [-0.39, 0.29) is 18.6 Å². The summed E-state index contributed by atoms with van der Waals surface area (Å²) in [5, 5.41) is 3.90. The lowest BCUT2D eigenvalue weighted by molar-refractivity contribution is -0.147. The van der Waals surface area contributed by atoms with Gasteiger partial charge in [0.15, 0.2) is 0 Å². The zero-order valence-electron chi connectivity index (χ0n) is 17.9. The molecule has 8 heteroatoms. The molecule has 0 saturated carbocycles. The third-order valence-electron chi connectivity index (χ3n) is 5.23. The van der Waals surface area contributed by atoms with Gasteiger partial charge in [-0.05, 0) is 53.6 Å². The fourth-order valence-corrected chi connectivity index (χ4v) is 3.71. The molecule has 1 heterocycles. The highest BCUT2D eigenvalue weighted by Gasteiger charge is 2.25. The van der Waals surface area contributed by atoms with Crippen molar-refractivity contribution >= 4 is 34.4 Å². The number of esters is 1. The molecule has 0 saturated heterocycles. The molecule has 0 radical (unpaired) electrons. The molecule has 172 valence electrons. The predicted molar refractivity (Wildman–Crippen MR) is 127 cm³/mol. The Morgan fingerprint density at radius 2 is 1.76 bits per heavy atom. The molecule has 1 unspecified atom stereocenters. The summed E-state index contributed by atoms with van der Waals surface area (Å²) in [6.45, 7) is -0.167. The van der Waals surface area contributed by atoms with E-state index < -0.39 is 23.7 Å². The number of carbonyl (C=O) groups is 2. The number of para-hydroxylation sites is 1. The summed E-state index contributed by atoms with van der Waals surface area (Å²) >= 11 is 5.90. The topological polar surface area (TPSA) is 88.3 Å². The van der Waals surface area contributed by atoms with E-state index in [1.165, 1.54) is 36.4 Å².